The lowest BCUT2D eigenvalue weighted by Gasteiger charge is -2.19. The summed E-state index contributed by atoms with van der Waals surface area (Å²) < 4.78 is 13.5. The molecule has 2 N–H and O–H groups in total. The van der Waals surface area contributed by atoms with Crippen molar-refractivity contribution in [1.82, 2.24) is 15.6 Å². The van der Waals surface area contributed by atoms with Crippen LogP contribution < -0.4 is 10.6 Å². The molecule has 0 aliphatic heterocycles. The van der Waals surface area contributed by atoms with Gasteiger partial charge in [0.05, 0.1) is 5.01 Å². The molecule has 0 saturated heterocycles. The SMILES string of the molecule is CCc1cnc(CCNC(=NC)NCC2(c3cccc(F)c3)CC2)s1. The van der Waals surface area contributed by atoms with Crippen LogP contribution in [0.2, 0.25) is 0 Å². The van der Waals surface area contributed by atoms with E-state index < -0.39 is 0 Å². The molecule has 1 saturated carbocycles. The topological polar surface area (TPSA) is 49.3 Å². The number of aliphatic imine (C=N–C) groups is 1. The zero-order chi connectivity index (χ0) is 17.7. The van der Waals surface area contributed by atoms with Crippen LogP contribution in [0.25, 0.3) is 0 Å². The summed E-state index contributed by atoms with van der Waals surface area (Å²) in [6.07, 6.45) is 6.05. The van der Waals surface area contributed by atoms with Crippen LogP contribution >= 0.6 is 11.3 Å². The van der Waals surface area contributed by atoms with Crippen LogP contribution in [-0.4, -0.2) is 31.1 Å². The summed E-state index contributed by atoms with van der Waals surface area (Å²) >= 11 is 1.77. The Morgan fingerprint density at radius 1 is 1.36 bits per heavy atom. The summed E-state index contributed by atoms with van der Waals surface area (Å²) in [5.41, 5.74) is 1.12. The van der Waals surface area contributed by atoms with Crippen molar-refractivity contribution in [1.29, 1.82) is 0 Å². The molecule has 2 aromatic rings. The van der Waals surface area contributed by atoms with E-state index in [0.29, 0.717) is 0 Å². The Balaban J connectivity index is 1.48. The van der Waals surface area contributed by atoms with Crippen molar-refractivity contribution in [3.05, 3.63) is 51.7 Å². The zero-order valence-corrected chi connectivity index (χ0v) is 15.6. The standard InChI is InChI=1S/C19H25FN4S/c1-3-16-12-23-17(25-16)7-10-22-18(21-2)24-13-19(8-9-19)14-5-4-6-15(20)11-14/h4-6,11-12H,3,7-10,13H2,1-2H3,(H2,21,22,24). The summed E-state index contributed by atoms with van der Waals surface area (Å²) in [4.78, 5) is 10.0. The first kappa shape index (κ1) is 17.9. The van der Waals surface area contributed by atoms with E-state index in [1.807, 2.05) is 12.3 Å². The number of hydrogen-bond acceptors (Lipinski definition) is 3. The molecule has 0 bridgehead atoms. The van der Waals surface area contributed by atoms with Gasteiger partial charge < -0.3 is 10.6 Å². The van der Waals surface area contributed by atoms with Gasteiger partial charge in [0.25, 0.3) is 0 Å². The Morgan fingerprint density at radius 3 is 2.84 bits per heavy atom. The van der Waals surface area contributed by atoms with Gasteiger partial charge in [0, 0.05) is 43.0 Å². The van der Waals surface area contributed by atoms with Crippen molar-refractivity contribution in [3.63, 3.8) is 0 Å². The highest BCUT2D eigenvalue weighted by Gasteiger charge is 2.44. The number of rotatable bonds is 7. The number of aryl methyl sites for hydroxylation is 1. The number of benzene rings is 1. The molecular formula is C19H25FN4S. The molecule has 0 atom stereocenters. The molecule has 6 heteroatoms. The van der Waals surface area contributed by atoms with Gasteiger partial charge >= 0.3 is 0 Å². The molecule has 0 amide bonds. The lowest BCUT2D eigenvalue weighted by Crippen LogP contribution is -2.42. The minimum absolute atomic E-state index is 0.0467. The van der Waals surface area contributed by atoms with Crippen LogP contribution in [0.5, 0.6) is 0 Å². The van der Waals surface area contributed by atoms with Crippen molar-refractivity contribution in [2.75, 3.05) is 20.1 Å². The highest BCUT2D eigenvalue weighted by atomic mass is 32.1. The summed E-state index contributed by atoms with van der Waals surface area (Å²) in [6, 6.07) is 6.95. The van der Waals surface area contributed by atoms with Crippen LogP contribution in [0.4, 0.5) is 4.39 Å². The molecule has 1 heterocycles. The molecule has 4 nitrogen and oxygen atoms in total. The van der Waals surface area contributed by atoms with Crippen molar-refractivity contribution >= 4 is 17.3 Å². The molecule has 1 aromatic heterocycles. The number of aromatic nitrogens is 1. The van der Waals surface area contributed by atoms with Crippen LogP contribution in [0.1, 0.15) is 35.2 Å². The van der Waals surface area contributed by atoms with E-state index in [0.717, 1.165) is 55.3 Å². The second kappa shape index (κ2) is 7.95. The Hall–Kier alpha value is -1.95. The minimum atomic E-state index is -0.166. The second-order valence-electron chi connectivity index (χ2n) is 6.47. The van der Waals surface area contributed by atoms with E-state index in [-0.39, 0.29) is 11.2 Å². The van der Waals surface area contributed by atoms with Crippen molar-refractivity contribution in [2.45, 2.75) is 38.0 Å². The molecule has 1 aliphatic carbocycles. The molecule has 0 unspecified atom stereocenters. The molecule has 1 aliphatic rings. The Kier molecular flexibility index (Phi) is 5.68. The maximum atomic E-state index is 13.5. The van der Waals surface area contributed by atoms with E-state index >= 15 is 0 Å². The van der Waals surface area contributed by atoms with E-state index in [9.17, 15) is 4.39 Å². The molecule has 1 aromatic carbocycles. The highest BCUT2D eigenvalue weighted by molar-refractivity contribution is 7.11. The summed E-state index contributed by atoms with van der Waals surface area (Å²) in [5, 5.41) is 7.88. The number of thiazole rings is 1. The van der Waals surface area contributed by atoms with E-state index in [1.54, 1.807) is 30.5 Å². The molecule has 3 rings (SSSR count). The molecule has 25 heavy (non-hydrogen) atoms. The first-order chi connectivity index (χ1) is 12.1. The van der Waals surface area contributed by atoms with Gasteiger partial charge in [-0.1, -0.05) is 19.1 Å². The molecule has 1 fully saturated rings. The average Bonchev–Trinajstić information content (AvgIpc) is 3.28. The Labute approximate surface area is 152 Å². The lowest BCUT2D eigenvalue weighted by atomic mass is 9.96. The zero-order valence-electron chi connectivity index (χ0n) is 14.8. The largest absolute Gasteiger partial charge is 0.356 e. The van der Waals surface area contributed by atoms with Gasteiger partial charge in [-0.15, -0.1) is 11.3 Å². The van der Waals surface area contributed by atoms with Gasteiger partial charge in [-0.2, -0.15) is 0 Å². The van der Waals surface area contributed by atoms with Gasteiger partial charge in [0.15, 0.2) is 5.96 Å². The Bertz CT molecular complexity index is 737. The smallest absolute Gasteiger partial charge is 0.191 e. The van der Waals surface area contributed by atoms with Crippen LogP contribution in [0.3, 0.4) is 0 Å². The number of nitrogens with one attached hydrogen (secondary N) is 2. The van der Waals surface area contributed by atoms with Gasteiger partial charge in [-0.05, 0) is 37.0 Å². The molecule has 134 valence electrons. The number of halogens is 1. The predicted octanol–water partition coefficient (Wildman–Crippen LogP) is 3.28. The normalized spacial score (nSPS) is 15.9. The minimum Gasteiger partial charge on any atom is -0.356 e. The van der Waals surface area contributed by atoms with E-state index in [4.69, 9.17) is 0 Å². The number of guanidine groups is 1. The average molecular weight is 361 g/mol. The van der Waals surface area contributed by atoms with Crippen molar-refractivity contribution < 1.29 is 4.39 Å². The van der Waals surface area contributed by atoms with Gasteiger partial charge in [0.2, 0.25) is 0 Å². The summed E-state index contributed by atoms with van der Waals surface area (Å²) in [6.45, 7) is 3.71. The highest BCUT2D eigenvalue weighted by Crippen LogP contribution is 2.47. The van der Waals surface area contributed by atoms with Crippen LogP contribution in [0, 0.1) is 5.82 Å². The summed E-state index contributed by atoms with van der Waals surface area (Å²) in [5.74, 6) is 0.621. The van der Waals surface area contributed by atoms with Crippen LogP contribution in [-0.2, 0) is 18.3 Å². The van der Waals surface area contributed by atoms with Crippen molar-refractivity contribution in [2.24, 2.45) is 4.99 Å². The predicted molar refractivity (Wildman–Crippen MR) is 102 cm³/mol. The van der Waals surface area contributed by atoms with Gasteiger partial charge in [-0.3, -0.25) is 4.99 Å². The maximum Gasteiger partial charge on any atom is 0.191 e. The lowest BCUT2D eigenvalue weighted by molar-refractivity contribution is 0.607. The number of nitrogens with zero attached hydrogens (tertiary/aromatic N) is 2. The third-order valence-corrected chi connectivity index (χ3v) is 5.89. The number of hydrogen-bond donors (Lipinski definition) is 2. The third kappa shape index (κ3) is 4.57. The molecule has 0 spiro atoms. The molecule has 0 radical (unpaired) electrons. The first-order valence-corrected chi connectivity index (χ1v) is 9.61. The molecular weight excluding hydrogens is 335 g/mol. The fourth-order valence-corrected chi connectivity index (χ4v) is 3.79. The van der Waals surface area contributed by atoms with E-state index in [1.165, 1.54) is 10.9 Å². The monoisotopic (exact) mass is 360 g/mol. The fourth-order valence-electron chi connectivity index (χ4n) is 2.93. The van der Waals surface area contributed by atoms with Gasteiger partial charge in [-0.25, -0.2) is 9.37 Å². The fraction of sp³-hybridized carbons (Fsp3) is 0.474. The second-order valence-corrected chi connectivity index (χ2v) is 7.67. The third-order valence-electron chi connectivity index (χ3n) is 4.69. The Morgan fingerprint density at radius 2 is 2.20 bits per heavy atom. The first-order valence-electron chi connectivity index (χ1n) is 8.79. The quantitative estimate of drug-likeness (QED) is 0.588. The van der Waals surface area contributed by atoms with Crippen molar-refractivity contribution in [3.8, 4) is 0 Å². The maximum absolute atomic E-state index is 13.5. The van der Waals surface area contributed by atoms with Gasteiger partial charge in [0.1, 0.15) is 5.82 Å². The summed E-state index contributed by atoms with van der Waals surface area (Å²) in [7, 11) is 1.77. The van der Waals surface area contributed by atoms with Crippen LogP contribution in [0.15, 0.2) is 35.5 Å². The van der Waals surface area contributed by atoms with E-state index in [2.05, 4.69) is 27.5 Å².